The smallest absolute Gasteiger partial charge is 0.298 e. The molecule has 0 unspecified atom stereocenters. The van der Waals surface area contributed by atoms with Crippen LogP contribution in [0.1, 0.15) is 97.8 Å². The van der Waals surface area contributed by atoms with Gasteiger partial charge in [0.25, 0.3) is 7.55 Å². The zero-order valence-electron chi connectivity index (χ0n) is 14.6. The molecule has 0 atom stereocenters. The Kier molecular flexibility index (Phi) is 14.7. The molecule has 5 heteroatoms. The quantitative estimate of drug-likeness (QED) is 0.134. The van der Waals surface area contributed by atoms with Crippen LogP contribution in [0.2, 0.25) is 0 Å². The molecule has 126 valence electrons. The molecule has 0 saturated heterocycles. The average molecular weight is 409 g/mol. The van der Waals surface area contributed by atoms with Gasteiger partial charge in [-0.05, 0) is 19.8 Å². The van der Waals surface area contributed by atoms with E-state index in [0.29, 0.717) is 7.55 Å². The first-order valence-corrected chi connectivity index (χ1v) is 9.96. The minimum atomic E-state index is 0.234. The molecule has 0 rings (SSSR count). The molecular formula is C16H37BIN3. The maximum atomic E-state index is 5.66. The molecule has 0 fully saturated rings. The van der Waals surface area contributed by atoms with Gasteiger partial charge in [-0.3, -0.25) is 5.34 Å². The van der Waals surface area contributed by atoms with Crippen molar-refractivity contribution >= 4 is 30.4 Å². The molecule has 3 nitrogen and oxygen atoms in total. The van der Waals surface area contributed by atoms with E-state index in [2.05, 4.69) is 52.2 Å². The van der Waals surface area contributed by atoms with Gasteiger partial charge >= 0.3 is 0 Å². The Bertz CT molecular complexity index is 216. The van der Waals surface area contributed by atoms with Crippen LogP contribution in [-0.4, -0.2) is 16.3 Å². The van der Waals surface area contributed by atoms with E-state index in [1.807, 2.05) is 0 Å². The van der Waals surface area contributed by atoms with Gasteiger partial charge in [0.2, 0.25) is 0 Å². The van der Waals surface area contributed by atoms with Gasteiger partial charge in [0.1, 0.15) is 0 Å². The fourth-order valence-electron chi connectivity index (χ4n) is 2.81. The van der Waals surface area contributed by atoms with Crippen molar-refractivity contribution in [1.29, 1.82) is 0 Å². The lowest BCUT2D eigenvalue weighted by Gasteiger charge is -2.37. The highest BCUT2D eigenvalue weighted by Crippen LogP contribution is 2.30. The highest BCUT2D eigenvalue weighted by atomic mass is 127. The van der Waals surface area contributed by atoms with E-state index in [-0.39, 0.29) is 5.54 Å². The molecule has 0 aliphatic rings. The standard InChI is InChI=1S/C16H37BIN3/c1-4-6-8-10-12-14-16(3,21(18)20-17-19)15-13-11-9-7-5-2/h17,20H,4-15,19H2,1-3H3. The summed E-state index contributed by atoms with van der Waals surface area (Å²) in [7, 11) is 0.518. The maximum absolute atomic E-state index is 5.66. The van der Waals surface area contributed by atoms with Crippen molar-refractivity contribution in [2.75, 3.05) is 0 Å². The van der Waals surface area contributed by atoms with E-state index in [1.165, 1.54) is 77.0 Å². The molecular weight excluding hydrogens is 372 g/mol. The predicted octanol–water partition coefficient (Wildman–Crippen LogP) is 4.85. The molecule has 0 aliphatic heterocycles. The van der Waals surface area contributed by atoms with E-state index in [4.69, 9.17) is 5.64 Å². The zero-order chi connectivity index (χ0) is 16.0. The van der Waals surface area contributed by atoms with E-state index < -0.39 is 0 Å². The number of hydrogen-bond donors (Lipinski definition) is 2. The summed E-state index contributed by atoms with van der Waals surface area (Å²) in [6, 6.07) is 0. The van der Waals surface area contributed by atoms with Crippen molar-refractivity contribution in [1.82, 2.24) is 8.56 Å². The van der Waals surface area contributed by atoms with Crippen LogP contribution in [-0.2, 0) is 0 Å². The van der Waals surface area contributed by atoms with Gasteiger partial charge in [-0.1, -0.05) is 78.1 Å². The number of halogens is 1. The summed E-state index contributed by atoms with van der Waals surface area (Å²) in [4.78, 5) is 0. The number of hydrogen-bond acceptors (Lipinski definition) is 3. The van der Waals surface area contributed by atoms with Gasteiger partial charge < -0.3 is 5.64 Å². The topological polar surface area (TPSA) is 41.3 Å². The minimum Gasteiger partial charge on any atom is -0.358 e. The van der Waals surface area contributed by atoms with Gasteiger partial charge in [0.15, 0.2) is 0 Å². The van der Waals surface area contributed by atoms with Crippen molar-refractivity contribution in [2.24, 2.45) is 5.64 Å². The van der Waals surface area contributed by atoms with Crippen molar-refractivity contribution in [2.45, 2.75) is 103 Å². The van der Waals surface area contributed by atoms with Crippen LogP contribution in [0.3, 0.4) is 0 Å². The molecule has 0 aromatic heterocycles. The Labute approximate surface area is 147 Å². The number of rotatable bonds is 15. The largest absolute Gasteiger partial charge is 0.358 e. The predicted molar refractivity (Wildman–Crippen MR) is 105 cm³/mol. The number of nitrogens with zero attached hydrogens (tertiary/aromatic N) is 1. The fraction of sp³-hybridized carbons (Fsp3) is 1.00. The molecule has 0 saturated carbocycles. The molecule has 0 bridgehead atoms. The van der Waals surface area contributed by atoms with Crippen LogP contribution >= 0.6 is 22.9 Å². The van der Waals surface area contributed by atoms with Gasteiger partial charge in [0, 0.05) is 28.4 Å². The SMILES string of the molecule is CCCCCCCC(C)(CCCCCCC)N(I)NBN. The first kappa shape index (κ1) is 21.7. The van der Waals surface area contributed by atoms with Crippen LogP contribution in [0, 0.1) is 0 Å². The Hall–Kier alpha value is 0.675. The molecule has 3 N–H and O–H groups in total. The summed E-state index contributed by atoms with van der Waals surface area (Å²) in [5.41, 5.74) is 5.89. The summed E-state index contributed by atoms with van der Waals surface area (Å²) < 4.78 is 2.24. The van der Waals surface area contributed by atoms with Crippen LogP contribution in [0.15, 0.2) is 0 Å². The van der Waals surface area contributed by atoms with Crippen LogP contribution < -0.4 is 11.0 Å². The third kappa shape index (κ3) is 10.9. The van der Waals surface area contributed by atoms with Crippen LogP contribution in [0.25, 0.3) is 0 Å². The second kappa shape index (κ2) is 14.3. The maximum Gasteiger partial charge on any atom is 0.298 e. The Morgan fingerprint density at radius 3 is 1.71 bits per heavy atom. The van der Waals surface area contributed by atoms with Crippen LogP contribution in [0.4, 0.5) is 0 Å². The van der Waals surface area contributed by atoms with Gasteiger partial charge in [-0.2, -0.15) is 3.22 Å². The van der Waals surface area contributed by atoms with E-state index >= 15 is 0 Å². The van der Waals surface area contributed by atoms with Crippen molar-refractivity contribution in [3.8, 4) is 0 Å². The lowest BCUT2D eigenvalue weighted by molar-refractivity contribution is 0.184. The van der Waals surface area contributed by atoms with Gasteiger partial charge in [0.05, 0.1) is 0 Å². The molecule has 0 heterocycles. The van der Waals surface area contributed by atoms with Crippen LogP contribution in [0.5, 0.6) is 0 Å². The third-order valence-corrected chi connectivity index (χ3v) is 5.85. The Morgan fingerprint density at radius 1 is 0.905 bits per heavy atom. The molecule has 0 aromatic rings. The number of nitrogens with two attached hydrogens (primary N) is 1. The number of nitrogens with one attached hydrogen (secondary N) is 1. The normalized spacial score (nSPS) is 12.1. The van der Waals surface area contributed by atoms with E-state index in [0.717, 1.165) is 0 Å². The Balaban J connectivity index is 4.14. The van der Waals surface area contributed by atoms with Crippen molar-refractivity contribution in [3.05, 3.63) is 0 Å². The molecule has 0 aromatic carbocycles. The Morgan fingerprint density at radius 2 is 1.33 bits per heavy atom. The summed E-state index contributed by atoms with van der Waals surface area (Å²) in [5, 5.41) is 3.29. The lowest BCUT2D eigenvalue weighted by Crippen LogP contribution is -2.50. The second-order valence-corrected chi connectivity index (χ2v) is 7.43. The van der Waals surface area contributed by atoms with Gasteiger partial charge in [-0.15, -0.1) is 0 Å². The van der Waals surface area contributed by atoms with E-state index in [9.17, 15) is 0 Å². The summed E-state index contributed by atoms with van der Waals surface area (Å²) in [6.45, 7) is 6.94. The second-order valence-electron chi connectivity index (χ2n) is 6.47. The first-order valence-electron chi connectivity index (χ1n) is 9.00. The number of hydrazine groups is 1. The minimum absolute atomic E-state index is 0.234. The molecule has 0 amide bonds. The fourth-order valence-corrected chi connectivity index (χ4v) is 3.49. The highest BCUT2D eigenvalue weighted by molar-refractivity contribution is 14.1. The van der Waals surface area contributed by atoms with E-state index in [1.54, 1.807) is 0 Å². The molecule has 0 aliphatic carbocycles. The molecule has 0 spiro atoms. The lowest BCUT2D eigenvalue weighted by atomic mass is 9.88. The molecule has 0 radical (unpaired) electrons. The monoisotopic (exact) mass is 409 g/mol. The average Bonchev–Trinajstić information content (AvgIpc) is 2.47. The zero-order valence-corrected chi connectivity index (χ0v) is 16.8. The number of unbranched alkanes of at least 4 members (excludes halogenated alkanes) is 8. The summed E-state index contributed by atoms with van der Waals surface area (Å²) in [5.74, 6) is 0. The van der Waals surface area contributed by atoms with Crippen molar-refractivity contribution in [3.63, 3.8) is 0 Å². The van der Waals surface area contributed by atoms with Gasteiger partial charge in [-0.25, -0.2) is 0 Å². The molecule has 21 heavy (non-hydrogen) atoms. The summed E-state index contributed by atoms with van der Waals surface area (Å²) >= 11 is 2.40. The third-order valence-electron chi connectivity index (χ3n) is 4.34. The first-order chi connectivity index (χ1) is 10.1. The summed E-state index contributed by atoms with van der Waals surface area (Å²) in [6.07, 6.45) is 16.1. The highest BCUT2D eigenvalue weighted by Gasteiger charge is 2.29. The van der Waals surface area contributed by atoms with Crippen molar-refractivity contribution < 1.29 is 0 Å².